The van der Waals surface area contributed by atoms with Crippen LogP contribution in [0.15, 0.2) is 23.6 Å². The molecular weight excluding hydrogens is 384 g/mol. The maximum absolute atomic E-state index is 12.5. The number of amides is 3. The maximum Gasteiger partial charge on any atom is 0.231 e. The number of primary amides is 1. The lowest BCUT2D eigenvalue weighted by atomic mass is 10.1. The van der Waals surface area contributed by atoms with Gasteiger partial charge in [-0.05, 0) is 12.1 Å². The Morgan fingerprint density at radius 2 is 2.07 bits per heavy atom. The molecule has 0 spiro atoms. The van der Waals surface area contributed by atoms with Gasteiger partial charge in [-0.25, -0.2) is 4.98 Å². The number of nitrogens with zero attached hydrogens (tertiary/aromatic N) is 2. The van der Waals surface area contributed by atoms with Gasteiger partial charge in [0.05, 0.1) is 18.0 Å². The fourth-order valence-corrected chi connectivity index (χ4v) is 3.88. The number of aromatic nitrogens is 1. The van der Waals surface area contributed by atoms with Gasteiger partial charge >= 0.3 is 0 Å². The lowest BCUT2D eigenvalue weighted by molar-refractivity contribution is -0.122. The van der Waals surface area contributed by atoms with E-state index in [1.54, 1.807) is 28.5 Å². The van der Waals surface area contributed by atoms with Crippen molar-refractivity contribution in [1.82, 2.24) is 4.98 Å². The predicted molar refractivity (Wildman–Crippen MR) is 102 cm³/mol. The Morgan fingerprint density at radius 1 is 1.29 bits per heavy atom. The number of nitrogens with two attached hydrogens (primary N) is 1. The average molecular weight is 402 g/mol. The van der Waals surface area contributed by atoms with Gasteiger partial charge in [-0.15, -0.1) is 11.3 Å². The summed E-state index contributed by atoms with van der Waals surface area (Å²) in [7, 11) is 0. The molecule has 0 saturated carbocycles. The minimum Gasteiger partial charge on any atom is -0.486 e. The Labute approximate surface area is 164 Å². The number of benzene rings is 1. The standard InChI is InChI=1S/C18H18N4O5S/c19-15(23)6-11-9-28-18(20-11)21-17(25)10-5-16(24)22(8-10)12-1-2-13-14(7-12)27-4-3-26-13/h1-2,7,9-10H,3-6,8H2,(H2,19,23)(H,20,21,25). The van der Waals surface area contributed by atoms with Crippen LogP contribution in [0.5, 0.6) is 11.5 Å². The molecule has 3 heterocycles. The van der Waals surface area contributed by atoms with E-state index in [0.29, 0.717) is 41.2 Å². The molecule has 0 bridgehead atoms. The van der Waals surface area contributed by atoms with E-state index < -0.39 is 11.8 Å². The van der Waals surface area contributed by atoms with Gasteiger partial charge in [-0.2, -0.15) is 0 Å². The van der Waals surface area contributed by atoms with E-state index >= 15 is 0 Å². The van der Waals surface area contributed by atoms with Crippen LogP contribution in [0.25, 0.3) is 0 Å². The fraction of sp³-hybridized carbons (Fsp3) is 0.333. The number of rotatable bonds is 5. The number of hydrogen-bond acceptors (Lipinski definition) is 7. The third-order valence-electron chi connectivity index (χ3n) is 4.47. The van der Waals surface area contributed by atoms with Crippen molar-refractivity contribution >= 4 is 39.9 Å². The van der Waals surface area contributed by atoms with Crippen molar-refractivity contribution in [3.05, 3.63) is 29.3 Å². The van der Waals surface area contributed by atoms with E-state index in [9.17, 15) is 14.4 Å². The van der Waals surface area contributed by atoms with Crippen molar-refractivity contribution in [3.8, 4) is 11.5 Å². The molecule has 1 unspecified atom stereocenters. The molecule has 1 fully saturated rings. The van der Waals surface area contributed by atoms with Gasteiger partial charge in [0.1, 0.15) is 13.2 Å². The monoisotopic (exact) mass is 402 g/mol. The first-order chi connectivity index (χ1) is 13.5. The molecule has 2 aliphatic heterocycles. The van der Waals surface area contributed by atoms with Crippen LogP contribution in [0.4, 0.5) is 10.8 Å². The van der Waals surface area contributed by atoms with Crippen molar-refractivity contribution in [2.75, 3.05) is 30.0 Å². The number of anilines is 2. The molecule has 0 radical (unpaired) electrons. The molecular formula is C18H18N4O5S. The summed E-state index contributed by atoms with van der Waals surface area (Å²) in [4.78, 5) is 41.7. The minimum atomic E-state index is -0.496. The number of carbonyl (C=O) groups excluding carboxylic acids is 3. The number of fused-ring (bicyclic) bond motifs is 1. The van der Waals surface area contributed by atoms with Gasteiger partial charge in [0.25, 0.3) is 0 Å². The number of hydrogen-bond donors (Lipinski definition) is 2. The van der Waals surface area contributed by atoms with Gasteiger partial charge in [0.15, 0.2) is 16.6 Å². The van der Waals surface area contributed by atoms with E-state index in [4.69, 9.17) is 15.2 Å². The van der Waals surface area contributed by atoms with Crippen molar-refractivity contribution in [2.45, 2.75) is 12.8 Å². The van der Waals surface area contributed by atoms with E-state index in [-0.39, 0.29) is 31.2 Å². The summed E-state index contributed by atoms with van der Waals surface area (Å²) in [5.41, 5.74) is 6.32. The summed E-state index contributed by atoms with van der Waals surface area (Å²) in [6, 6.07) is 5.30. The normalized spacial score (nSPS) is 18.2. The average Bonchev–Trinajstić information content (AvgIpc) is 3.27. The van der Waals surface area contributed by atoms with Crippen LogP contribution in [-0.2, 0) is 20.8 Å². The zero-order chi connectivity index (χ0) is 19.7. The quantitative estimate of drug-likeness (QED) is 0.767. The van der Waals surface area contributed by atoms with Gasteiger partial charge in [-0.3, -0.25) is 14.4 Å². The summed E-state index contributed by atoms with van der Waals surface area (Å²) >= 11 is 1.21. The first-order valence-electron chi connectivity index (χ1n) is 8.73. The van der Waals surface area contributed by atoms with E-state index in [2.05, 4.69) is 10.3 Å². The predicted octanol–water partition coefficient (Wildman–Crippen LogP) is 0.934. The second-order valence-corrected chi connectivity index (χ2v) is 7.37. The van der Waals surface area contributed by atoms with Crippen molar-refractivity contribution in [1.29, 1.82) is 0 Å². The molecule has 2 aromatic rings. The summed E-state index contributed by atoms with van der Waals surface area (Å²) in [5, 5.41) is 4.76. The SMILES string of the molecule is NC(=O)Cc1csc(NC(=O)C2CC(=O)N(c3ccc4c(c3)OCCO4)C2)n1. The molecule has 1 aromatic carbocycles. The second kappa shape index (κ2) is 7.47. The minimum absolute atomic E-state index is 0.0200. The molecule has 1 atom stereocenters. The topological polar surface area (TPSA) is 124 Å². The molecule has 3 amide bonds. The van der Waals surface area contributed by atoms with Crippen LogP contribution in [0, 0.1) is 5.92 Å². The van der Waals surface area contributed by atoms with Crippen molar-refractivity contribution in [2.24, 2.45) is 11.7 Å². The third-order valence-corrected chi connectivity index (χ3v) is 5.28. The van der Waals surface area contributed by atoms with Gasteiger partial charge < -0.3 is 25.4 Å². The van der Waals surface area contributed by atoms with Crippen LogP contribution in [0.3, 0.4) is 0 Å². The Balaban J connectivity index is 1.42. The molecule has 4 rings (SSSR count). The van der Waals surface area contributed by atoms with E-state index in [1.165, 1.54) is 11.3 Å². The Morgan fingerprint density at radius 3 is 2.86 bits per heavy atom. The molecule has 2 aliphatic rings. The number of nitrogens with one attached hydrogen (secondary N) is 1. The maximum atomic E-state index is 12.5. The van der Waals surface area contributed by atoms with E-state index in [0.717, 1.165) is 0 Å². The van der Waals surface area contributed by atoms with Crippen molar-refractivity contribution < 1.29 is 23.9 Å². The molecule has 146 valence electrons. The van der Waals surface area contributed by atoms with Crippen LogP contribution >= 0.6 is 11.3 Å². The molecule has 9 nitrogen and oxygen atoms in total. The molecule has 1 saturated heterocycles. The van der Waals surface area contributed by atoms with Gasteiger partial charge in [0.2, 0.25) is 17.7 Å². The number of ether oxygens (including phenoxy) is 2. The summed E-state index contributed by atoms with van der Waals surface area (Å²) in [6.45, 7) is 1.22. The molecule has 0 aliphatic carbocycles. The zero-order valence-electron chi connectivity index (χ0n) is 14.8. The second-order valence-electron chi connectivity index (χ2n) is 6.51. The molecule has 3 N–H and O–H groups in total. The lowest BCUT2D eigenvalue weighted by Crippen LogP contribution is -2.28. The van der Waals surface area contributed by atoms with Gasteiger partial charge in [-0.1, -0.05) is 0 Å². The number of thiazole rings is 1. The largest absolute Gasteiger partial charge is 0.486 e. The highest BCUT2D eigenvalue weighted by Gasteiger charge is 2.36. The molecule has 28 heavy (non-hydrogen) atoms. The smallest absolute Gasteiger partial charge is 0.231 e. The Kier molecular flexibility index (Phi) is 4.86. The zero-order valence-corrected chi connectivity index (χ0v) is 15.7. The highest BCUT2D eigenvalue weighted by Crippen LogP contribution is 2.36. The van der Waals surface area contributed by atoms with Gasteiger partial charge in [0, 0.05) is 30.1 Å². The van der Waals surface area contributed by atoms with Crippen LogP contribution in [-0.4, -0.2) is 42.5 Å². The summed E-state index contributed by atoms with van der Waals surface area (Å²) in [6.07, 6.45) is 0.131. The van der Waals surface area contributed by atoms with Crippen LogP contribution < -0.4 is 25.4 Å². The third kappa shape index (κ3) is 3.77. The Hall–Kier alpha value is -3.14. The summed E-state index contributed by atoms with van der Waals surface area (Å²) < 4.78 is 11.1. The van der Waals surface area contributed by atoms with E-state index in [1.807, 2.05) is 0 Å². The number of carbonyl (C=O) groups is 3. The molecule has 10 heteroatoms. The fourth-order valence-electron chi connectivity index (χ4n) is 3.16. The molecule has 1 aromatic heterocycles. The van der Waals surface area contributed by atoms with Crippen molar-refractivity contribution in [3.63, 3.8) is 0 Å². The van der Waals surface area contributed by atoms with Crippen LogP contribution in [0.1, 0.15) is 12.1 Å². The Bertz CT molecular complexity index is 944. The highest BCUT2D eigenvalue weighted by molar-refractivity contribution is 7.13. The first kappa shape index (κ1) is 18.2. The summed E-state index contributed by atoms with van der Waals surface area (Å²) in [5.74, 6) is -0.164. The first-order valence-corrected chi connectivity index (χ1v) is 9.61. The lowest BCUT2D eigenvalue weighted by Gasteiger charge is -2.22. The van der Waals surface area contributed by atoms with Crippen LogP contribution in [0.2, 0.25) is 0 Å². The highest BCUT2D eigenvalue weighted by atomic mass is 32.1.